The molecular formula is C21H26N2O. The molecule has 1 atom stereocenters. The van der Waals surface area contributed by atoms with Crippen molar-refractivity contribution in [2.24, 2.45) is 0 Å². The van der Waals surface area contributed by atoms with Gasteiger partial charge in [0.15, 0.2) is 0 Å². The van der Waals surface area contributed by atoms with Crippen molar-refractivity contribution in [1.82, 2.24) is 10.6 Å². The van der Waals surface area contributed by atoms with E-state index < -0.39 is 0 Å². The summed E-state index contributed by atoms with van der Waals surface area (Å²) in [5.41, 5.74) is 4.78. The lowest BCUT2D eigenvalue weighted by Crippen LogP contribution is -2.25. The molecule has 2 N–H and O–H groups in total. The van der Waals surface area contributed by atoms with Gasteiger partial charge in [0, 0.05) is 18.7 Å². The van der Waals surface area contributed by atoms with Gasteiger partial charge in [-0.2, -0.15) is 0 Å². The predicted octanol–water partition coefficient (Wildman–Crippen LogP) is 3.30. The Hall–Kier alpha value is -2.13. The maximum Gasteiger partial charge on any atom is 0.251 e. The number of nitrogens with one attached hydrogen (secondary N) is 2. The van der Waals surface area contributed by atoms with Crippen LogP contribution in [0.5, 0.6) is 0 Å². The van der Waals surface area contributed by atoms with Crippen LogP contribution in [0.2, 0.25) is 0 Å². The van der Waals surface area contributed by atoms with Gasteiger partial charge in [-0.3, -0.25) is 4.79 Å². The summed E-state index contributed by atoms with van der Waals surface area (Å²) in [5.74, 6) is 0.489. The molecule has 126 valence electrons. The van der Waals surface area contributed by atoms with Crippen LogP contribution in [0, 0.1) is 0 Å². The van der Waals surface area contributed by atoms with Crippen LogP contribution >= 0.6 is 0 Å². The highest BCUT2D eigenvalue weighted by atomic mass is 16.1. The summed E-state index contributed by atoms with van der Waals surface area (Å²) in [4.78, 5) is 12.4. The van der Waals surface area contributed by atoms with E-state index in [-0.39, 0.29) is 5.91 Å². The monoisotopic (exact) mass is 322 g/mol. The number of carbonyl (C=O) groups excluding carboxylic acids is 1. The number of amides is 1. The molecule has 0 bridgehead atoms. The average Bonchev–Trinajstić information content (AvgIpc) is 2.81. The van der Waals surface area contributed by atoms with Crippen molar-refractivity contribution in [2.75, 3.05) is 19.6 Å². The Kier molecular flexibility index (Phi) is 5.65. The fraction of sp³-hybridized carbons (Fsp3) is 0.381. The first-order valence-corrected chi connectivity index (χ1v) is 8.89. The molecule has 0 aliphatic carbocycles. The number of fused-ring (bicyclic) bond motifs is 1. The smallest absolute Gasteiger partial charge is 0.251 e. The highest BCUT2D eigenvalue weighted by Gasteiger charge is 2.16. The van der Waals surface area contributed by atoms with Gasteiger partial charge in [0.25, 0.3) is 5.91 Å². The molecule has 0 spiro atoms. The first-order valence-electron chi connectivity index (χ1n) is 8.89. The van der Waals surface area contributed by atoms with Gasteiger partial charge in [-0.05, 0) is 60.5 Å². The van der Waals surface area contributed by atoms with Crippen LogP contribution in [0.1, 0.15) is 46.3 Å². The van der Waals surface area contributed by atoms with Gasteiger partial charge in [0.2, 0.25) is 0 Å². The Morgan fingerprint density at radius 2 is 2.04 bits per heavy atom. The highest BCUT2D eigenvalue weighted by molar-refractivity contribution is 5.94. The number of hydrogen-bond donors (Lipinski definition) is 2. The summed E-state index contributed by atoms with van der Waals surface area (Å²) >= 11 is 0. The summed E-state index contributed by atoms with van der Waals surface area (Å²) < 4.78 is 0. The molecule has 24 heavy (non-hydrogen) atoms. The zero-order chi connectivity index (χ0) is 16.8. The summed E-state index contributed by atoms with van der Waals surface area (Å²) in [5, 5.41) is 6.50. The first-order chi connectivity index (χ1) is 11.7. The molecule has 0 radical (unpaired) electrons. The van der Waals surface area contributed by atoms with E-state index in [0.29, 0.717) is 12.5 Å². The fourth-order valence-corrected chi connectivity index (χ4v) is 3.32. The maximum absolute atomic E-state index is 12.4. The van der Waals surface area contributed by atoms with E-state index >= 15 is 0 Å². The van der Waals surface area contributed by atoms with Crippen molar-refractivity contribution in [1.29, 1.82) is 0 Å². The number of rotatable bonds is 5. The number of aryl methyl sites for hydroxylation is 1. The van der Waals surface area contributed by atoms with Crippen LogP contribution in [-0.4, -0.2) is 25.5 Å². The molecule has 0 aromatic heterocycles. The lowest BCUT2D eigenvalue weighted by atomic mass is 9.93. The summed E-state index contributed by atoms with van der Waals surface area (Å²) in [6.45, 7) is 4.93. The van der Waals surface area contributed by atoms with E-state index in [2.05, 4.69) is 54.0 Å². The lowest BCUT2D eigenvalue weighted by molar-refractivity contribution is 0.0953. The van der Waals surface area contributed by atoms with Crippen LogP contribution < -0.4 is 10.6 Å². The third-order valence-electron chi connectivity index (χ3n) is 4.73. The minimum atomic E-state index is 0.0373. The van der Waals surface area contributed by atoms with Gasteiger partial charge >= 0.3 is 0 Å². The molecular weight excluding hydrogens is 296 g/mol. The number of hydrogen-bond acceptors (Lipinski definition) is 2. The lowest BCUT2D eigenvalue weighted by Gasteiger charge is -2.14. The van der Waals surface area contributed by atoms with Crippen molar-refractivity contribution < 1.29 is 4.79 Å². The van der Waals surface area contributed by atoms with Gasteiger partial charge in [0.1, 0.15) is 0 Å². The Balaban J connectivity index is 1.55. The minimum absolute atomic E-state index is 0.0373. The molecule has 3 nitrogen and oxygen atoms in total. The molecule has 1 amide bonds. The Bertz CT molecular complexity index is 681. The van der Waals surface area contributed by atoms with Crippen LogP contribution in [0.4, 0.5) is 0 Å². The Morgan fingerprint density at radius 3 is 2.88 bits per heavy atom. The first kappa shape index (κ1) is 16.7. The molecule has 0 saturated carbocycles. The van der Waals surface area contributed by atoms with Crippen LogP contribution in [0.25, 0.3) is 0 Å². The van der Waals surface area contributed by atoms with Crippen molar-refractivity contribution in [3.63, 3.8) is 0 Å². The van der Waals surface area contributed by atoms with E-state index in [1.807, 2.05) is 12.1 Å². The Morgan fingerprint density at radius 1 is 1.21 bits per heavy atom. The van der Waals surface area contributed by atoms with Crippen molar-refractivity contribution in [3.05, 3.63) is 70.8 Å². The minimum Gasteiger partial charge on any atom is -0.352 e. The van der Waals surface area contributed by atoms with E-state index in [9.17, 15) is 4.79 Å². The molecule has 1 heterocycles. The van der Waals surface area contributed by atoms with Crippen molar-refractivity contribution in [3.8, 4) is 0 Å². The molecule has 1 aliphatic heterocycles. The summed E-state index contributed by atoms with van der Waals surface area (Å²) in [6.07, 6.45) is 2.99. The third kappa shape index (κ3) is 4.24. The molecule has 2 aromatic carbocycles. The highest BCUT2D eigenvalue weighted by Crippen LogP contribution is 2.23. The quantitative estimate of drug-likeness (QED) is 0.829. The van der Waals surface area contributed by atoms with E-state index in [0.717, 1.165) is 37.9 Å². The van der Waals surface area contributed by atoms with E-state index in [4.69, 9.17) is 0 Å². The molecule has 3 rings (SSSR count). The van der Waals surface area contributed by atoms with Gasteiger partial charge in [-0.1, -0.05) is 43.3 Å². The fourth-order valence-electron chi connectivity index (χ4n) is 3.32. The molecule has 0 fully saturated rings. The summed E-state index contributed by atoms with van der Waals surface area (Å²) in [6, 6.07) is 16.6. The topological polar surface area (TPSA) is 41.1 Å². The van der Waals surface area contributed by atoms with Gasteiger partial charge in [-0.15, -0.1) is 0 Å². The zero-order valence-electron chi connectivity index (χ0n) is 14.3. The summed E-state index contributed by atoms with van der Waals surface area (Å²) in [7, 11) is 0. The van der Waals surface area contributed by atoms with Gasteiger partial charge in [0.05, 0.1) is 0 Å². The second kappa shape index (κ2) is 8.11. The van der Waals surface area contributed by atoms with Gasteiger partial charge in [-0.25, -0.2) is 0 Å². The number of carbonyl (C=O) groups is 1. The Labute approximate surface area is 144 Å². The number of benzene rings is 2. The van der Waals surface area contributed by atoms with Crippen LogP contribution in [0.3, 0.4) is 0 Å². The van der Waals surface area contributed by atoms with Gasteiger partial charge < -0.3 is 10.6 Å². The van der Waals surface area contributed by atoms with Crippen molar-refractivity contribution >= 4 is 5.91 Å². The molecule has 2 aromatic rings. The standard InChI is InChI=1S/C21H26N2O/c1-16-15-22-13-11-18-9-10-19(14-20(16)18)21(24)23-12-5-8-17-6-3-2-4-7-17/h2-4,6-7,9-10,14,16,22H,5,8,11-13,15H2,1H3,(H,23,24). The average molecular weight is 322 g/mol. The SMILES string of the molecule is CC1CNCCc2ccc(C(=O)NCCCc3ccccc3)cc21. The zero-order valence-corrected chi connectivity index (χ0v) is 14.3. The molecule has 1 aliphatic rings. The maximum atomic E-state index is 12.4. The van der Waals surface area contributed by atoms with Crippen LogP contribution in [0.15, 0.2) is 48.5 Å². The van der Waals surface area contributed by atoms with Crippen molar-refractivity contribution in [2.45, 2.75) is 32.1 Å². The second-order valence-electron chi connectivity index (χ2n) is 6.61. The van der Waals surface area contributed by atoms with E-state index in [1.54, 1.807) is 0 Å². The largest absolute Gasteiger partial charge is 0.352 e. The van der Waals surface area contributed by atoms with Crippen LogP contribution in [-0.2, 0) is 12.8 Å². The molecule has 1 unspecified atom stereocenters. The molecule has 3 heteroatoms. The predicted molar refractivity (Wildman–Crippen MR) is 98.5 cm³/mol. The third-order valence-corrected chi connectivity index (χ3v) is 4.73. The second-order valence-corrected chi connectivity index (χ2v) is 6.61. The molecule has 0 saturated heterocycles. The normalized spacial score (nSPS) is 17.0. The van der Waals surface area contributed by atoms with E-state index in [1.165, 1.54) is 16.7 Å².